The Hall–Kier alpha value is -3.07. The first kappa shape index (κ1) is 26.2. The SMILES string of the molecule is C/C(=C\O[C@@H]1[C@@H](Cc2ccccc2)COC[C@H](NC(=O)OC(C)(C)C)C(=O)O[C@H]1C)C(=O)O. The standard InChI is InChI=1S/C24H33NO8/c1-15(21(26)27)12-31-20-16(2)32-22(28)19(25-23(29)33-24(3,4)5)14-30-13-18(20)11-17-9-7-6-8-10-17/h6-10,12,16,18-20H,11,13-14H2,1-5H3,(H,25,29)(H,26,27)/b15-12+/t16-,18-,19-,20-/m0/s1. The fraction of sp³-hybridized carbons (Fsp3) is 0.542. The molecule has 1 aromatic rings. The lowest BCUT2D eigenvalue weighted by molar-refractivity contribution is -0.157. The highest BCUT2D eigenvalue weighted by Crippen LogP contribution is 2.23. The summed E-state index contributed by atoms with van der Waals surface area (Å²) in [6, 6.07) is 8.61. The van der Waals surface area contributed by atoms with Gasteiger partial charge in [-0.2, -0.15) is 0 Å². The lowest BCUT2D eigenvalue weighted by Crippen LogP contribution is -2.47. The Kier molecular flexibility index (Phi) is 9.28. The number of nitrogens with one attached hydrogen (secondary N) is 1. The third-order valence-electron chi connectivity index (χ3n) is 4.90. The van der Waals surface area contributed by atoms with Crippen LogP contribution in [0.25, 0.3) is 0 Å². The molecule has 9 nitrogen and oxygen atoms in total. The van der Waals surface area contributed by atoms with Crippen LogP contribution < -0.4 is 5.32 Å². The van der Waals surface area contributed by atoms with Gasteiger partial charge in [-0.25, -0.2) is 14.4 Å². The monoisotopic (exact) mass is 463 g/mol. The van der Waals surface area contributed by atoms with Gasteiger partial charge in [-0.3, -0.25) is 0 Å². The average molecular weight is 464 g/mol. The van der Waals surface area contributed by atoms with E-state index in [4.69, 9.17) is 24.1 Å². The van der Waals surface area contributed by atoms with Crippen LogP contribution >= 0.6 is 0 Å². The van der Waals surface area contributed by atoms with Gasteiger partial charge in [0, 0.05) is 5.92 Å². The van der Waals surface area contributed by atoms with E-state index in [9.17, 15) is 14.4 Å². The minimum absolute atomic E-state index is 0.0113. The van der Waals surface area contributed by atoms with Crippen LogP contribution in [0.3, 0.4) is 0 Å². The molecular formula is C24H33NO8. The van der Waals surface area contributed by atoms with Crippen molar-refractivity contribution in [3.05, 3.63) is 47.7 Å². The lowest BCUT2D eigenvalue weighted by atomic mass is 9.91. The summed E-state index contributed by atoms with van der Waals surface area (Å²) in [5.41, 5.74) is 0.311. The van der Waals surface area contributed by atoms with Crippen molar-refractivity contribution in [3.63, 3.8) is 0 Å². The van der Waals surface area contributed by atoms with Crippen molar-refractivity contribution in [1.82, 2.24) is 5.32 Å². The van der Waals surface area contributed by atoms with Crippen LogP contribution in [-0.4, -0.2) is 60.2 Å². The van der Waals surface area contributed by atoms with Crippen molar-refractivity contribution >= 4 is 18.0 Å². The molecule has 2 rings (SSSR count). The summed E-state index contributed by atoms with van der Waals surface area (Å²) in [5.74, 6) is -2.06. The average Bonchev–Trinajstić information content (AvgIpc) is 2.75. The molecule has 1 fully saturated rings. The van der Waals surface area contributed by atoms with E-state index < -0.39 is 41.9 Å². The van der Waals surface area contributed by atoms with E-state index in [0.29, 0.717) is 6.42 Å². The number of carbonyl (C=O) groups is 3. The summed E-state index contributed by atoms with van der Waals surface area (Å²) in [7, 11) is 0. The molecule has 182 valence electrons. The van der Waals surface area contributed by atoms with Crippen LogP contribution in [0, 0.1) is 5.92 Å². The highest BCUT2D eigenvalue weighted by Gasteiger charge is 2.36. The van der Waals surface area contributed by atoms with Crippen LogP contribution in [0.15, 0.2) is 42.2 Å². The molecule has 4 atom stereocenters. The third-order valence-corrected chi connectivity index (χ3v) is 4.90. The van der Waals surface area contributed by atoms with Gasteiger partial charge in [0.2, 0.25) is 0 Å². The predicted octanol–water partition coefficient (Wildman–Crippen LogP) is 3.07. The van der Waals surface area contributed by atoms with E-state index >= 15 is 0 Å². The van der Waals surface area contributed by atoms with E-state index in [1.165, 1.54) is 6.92 Å². The fourth-order valence-electron chi connectivity index (χ4n) is 3.31. The van der Waals surface area contributed by atoms with Crippen LogP contribution in [-0.2, 0) is 35.0 Å². The van der Waals surface area contributed by atoms with Crippen molar-refractivity contribution in [3.8, 4) is 0 Å². The molecule has 1 aliphatic heterocycles. The largest absolute Gasteiger partial charge is 0.493 e. The van der Waals surface area contributed by atoms with Gasteiger partial charge >= 0.3 is 18.0 Å². The smallest absolute Gasteiger partial charge is 0.408 e. The van der Waals surface area contributed by atoms with E-state index in [1.54, 1.807) is 27.7 Å². The highest BCUT2D eigenvalue weighted by molar-refractivity contribution is 5.85. The van der Waals surface area contributed by atoms with Gasteiger partial charge in [0.1, 0.15) is 17.8 Å². The Labute approximate surface area is 194 Å². The molecule has 0 unspecified atom stereocenters. The molecule has 2 N–H and O–H groups in total. The van der Waals surface area contributed by atoms with Gasteiger partial charge in [0.15, 0.2) is 6.04 Å². The van der Waals surface area contributed by atoms with Crippen LogP contribution in [0.2, 0.25) is 0 Å². The van der Waals surface area contributed by atoms with Crippen molar-refractivity contribution in [2.75, 3.05) is 13.2 Å². The molecule has 1 aromatic carbocycles. The van der Waals surface area contributed by atoms with E-state index in [0.717, 1.165) is 11.8 Å². The number of hydrogen-bond acceptors (Lipinski definition) is 7. The lowest BCUT2D eigenvalue weighted by Gasteiger charge is -2.30. The summed E-state index contributed by atoms with van der Waals surface area (Å²) >= 11 is 0. The quantitative estimate of drug-likeness (QED) is 0.375. The maximum Gasteiger partial charge on any atom is 0.408 e. The summed E-state index contributed by atoms with van der Waals surface area (Å²) in [4.78, 5) is 36.1. The number of cyclic esters (lactones) is 1. The Morgan fingerprint density at radius 3 is 2.48 bits per heavy atom. The van der Waals surface area contributed by atoms with Crippen molar-refractivity contribution < 1.29 is 38.4 Å². The Morgan fingerprint density at radius 1 is 1.21 bits per heavy atom. The van der Waals surface area contributed by atoms with Gasteiger partial charge in [-0.05, 0) is 46.6 Å². The van der Waals surface area contributed by atoms with Gasteiger partial charge in [0.25, 0.3) is 0 Å². The minimum atomic E-state index is -1.11. The summed E-state index contributed by atoms with van der Waals surface area (Å²) in [6.45, 7) is 8.33. The van der Waals surface area contributed by atoms with Gasteiger partial charge in [0.05, 0.1) is 25.0 Å². The second-order valence-electron chi connectivity index (χ2n) is 9.03. The molecule has 33 heavy (non-hydrogen) atoms. The Bertz CT molecular complexity index is 846. The number of benzene rings is 1. The second-order valence-corrected chi connectivity index (χ2v) is 9.03. The first-order valence-corrected chi connectivity index (χ1v) is 10.8. The van der Waals surface area contributed by atoms with Gasteiger partial charge in [-0.1, -0.05) is 30.3 Å². The maximum atomic E-state index is 12.8. The molecule has 1 amide bonds. The molecule has 1 heterocycles. The van der Waals surface area contributed by atoms with Crippen molar-refractivity contribution in [2.24, 2.45) is 5.92 Å². The molecule has 1 aliphatic rings. The van der Waals surface area contributed by atoms with Crippen molar-refractivity contribution in [1.29, 1.82) is 0 Å². The number of alkyl carbamates (subject to hydrolysis) is 1. The molecule has 0 spiro atoms. The molecule has 0 aliphatic carbocycles. The van der Waals surface area contributed by atoms with E-state index in [2.05, 4.69) is 5.32 Å². The number of carbonyl (C=O) groups excluding carboxylic acids is 2. The van der Waals surface area contributed by atoms with E-state index in [1.807, 2.05) is 30.3 Å². The van der Waals surface area contributed by atoms with E-state index in [-0.39, 0.29) is 24.7 Å². The molecule has 9 heteroatoms. The van der Waals surface area contributed by atoms with Crippen LogP contribution in [0.1, 0.15) is 40.2 Å². The Balaban J connectivity index is 2.23. The highest BCUT2D eigenvalue weighted by atomic mass is 16.6. The third kappa shape index (κ3) is 8.76. The Morgan fingerprint density at radius 2 is 1.88 bits per heavy atom. The van der Waals surface area contributed by atoms with Crippen LogP contribution in [0.4, 0.5) is 4.79 Å². The number of amides is 1. The first-order chi connectivity index (χ1) is 15.5. The number of rotatable bonds is 6. The fourth-order valence-corrected chi connectivity index (χ4v) is 3.31. The summed E-state index contributed by atoms with van der Waals surface area (Å²) in [6.07, 6.45) is -0.465. The molecule has 0 radical (unpaired) electrons. The number of aliphatic carboxylic acids is 1. The molecule has 1 saturated heterocycles. The molecule has 0 aromatic heterocycles. The first-order valence-electron chi connectivity index (χ1n) is 10.8. The number of ether oxygens (including phenoxy) is 4. The summed E-state index contributed by atoms with van der Waals surface area (Å²) < 4.78 is 22.4. The van der Waals surface area contributed by atoms with Gasteiger partial charge < -0.3 is 29.4 Å². The zero-order valence-corrected chi connectivity index (χ0v) is 19.7. The number of carboxylic acid groups (broad SMARTS) is 1. The predicted molar refractivity (Wildman–Crippen MR) is 119 cm³/mol. The number of carboxylic acids is 1. The second kappa shape index (κ2) is 11.7. The zero-order valence-electron chi connectivity index (χ0n) is 19.7. The number of esters is 1. The van der Waals surface area contributed by atoms with Crippen molar-refractivity contribution in [2.45, 2.75) is 64.9 Å². The maximum absolute atomic E-state index is 12.8. The summed E-state index contributed by atoms with van der Waals surface area (Å²) in [5, 5.41) is 11.6. The van der Waals surface area contributed by atoms with Crippen LogP contribution in [0.5, 0.6) is 0 Å². The number of hydrogen-bond donors (Lipinski definition) is 2. The molecule has 0 bridgehead atoms. The topological polar surface area (TPSA) is 120 Å². The molecular weight excluding hydrogens is 430 g/mol. The minimum Gasteiger partial charge on any atom is -0.493 e. The zero-order chi connectivity index (χ0) is 24.6. The normalized spacial score (nSPS) is 24.5. The molecule has 0 saturated carbocycles. The van der Waals surface area contributed by atoms with Gasteiger partial charge in [-0.15, -0.1) is 0 Å².